The number of imidazole rings is 1. The van der Waals surface area contributed by atoms with E-state index in [4.69, 9.17) is 12.2 Å². The molecule has 1 aliphatic carbocycles. The monoisotopic (exact) mass is 381 g/mol. The fourth-order valence-corrected chi connectivity index (χ4v) is 4.04. The third-order valence-corrected chi connectivity index (χ3v) is 5.43. The average molecular weight is 382 g/mol. The molecule has 4 rings (SSSR count). The maximum atomic E-state index is 12.8. The fraction of sp³-hybridized carbons (Fsp3) is 0.350. The number of amides is 1. The molecule has 1 amide bonds. The molecule has 140 valence electrons. The Morgan fingerprint density at radius 2 is 2.00 bits per heavy atom. The first-order valence-electron chi connectivity index (χ1n) is 9.42. The first kappa shape index (κ1) is 17.7. The minimum atomic E-state index is -0.248. The van der Waals surface area contributed by atoms with Crippen LogP contribution in [0.25, 0.3) is 5.69 Å². The Labute approximate surface area is 163 Å². The fourth-order valence-electron chi connectivity index (χ4n) is 3.78. The second-order valence-corrected chi connectivity index (χ2v) is 7.48. The highest BCUT2D eigenvalue weighted by atomic mass is 32.1. The molecule has 1 saturated carbocycles. The Bertz CT molecular complexity index is 966. The molecule has 0 radical (unpaired) electrons. The summed E-state index contributed by atoms with van der Waals surface area (Å²) in [5, 5.41) is 10.2. The van der Waals surface area contributed by atoms with Gasteiger partial charge < -0.3 is 10.3 Å². The van der Waals surface area contributed by atoms with E-state index in [0.717, 1.165) is 23.7 Å². The summed E-state index contributed by atoms with van der Waals surface area (Å²) < 4.78 is 2.20. The topological polar surface area (TPSA) is 78.5 Å². The van der Waals surface area contributed by atoms with Crippen molar-refractivity contribution in [3.8, 4) is 5.69 Å². The van der Waals surface area contributed by atoms with Gasteiger partial charge in [-0.2, -0.15) is 5.10 Å². The van der Waals surface area contributed by atoms with Crippen LogP contribution in [0.2, 0.25) is 0 Å². The van der Waals surface area contributed by atoms with Crippen LogP contribution in [-0.2, 0) is 6.42 Å². The van der Waals surface area contributed by atoms with Crippen molar-refractivity contribution in [3.63, 3.8) is 0 Å². The van der Waals surface area contributed by atoms with Crippen molar-refractivity contribution in [2.45, 2.75) is 38.5 Å². The van der Waals surface area contributed by atoms with Crippen LogP contribution in [0, 0.1) is 10.7 Å². The van der Waals surface area contributed by atoms with Crippen LogP contribution in [0.3, 0.4) is 0 Å². The number of aromatic nitrogens is 4. The molecule has 0 saturated heterocycles. The summed E-state index contributed by atoms with van der Waals surface area (Å²) in [6.07, 6.45) is 9.17. The van der Waals surface area contributed by atoms with Gasteiger partial charge in [-0.15, -0.1) is 0 Å². The van der Waals surface area contributed by atoms with Gasteiger partial charge in [0.05, 0.1) is 0 Å². The van der Waals surface area contributed by atoms with Gasteiger partial charge in [0.25, 0.3) is 5.91 Å². The molecule has 2 aromatic heterocycles. The number of nitrogens with zero attached hydrogens (tertiary/aromatic N) is 2. The molecule has 1 aliphatic rings. The summed E-state index contributed by atoms with van der Waals surface area (Å²) in [5.41, 5.74) is 2.36. The normalized spacial score (nSPS) is 15.0. The molecule has 3 aromatic rings. The molecule has 6 nitrogen and oxygen atoms in total. The van der Waals surface area contributed by atoms with Crippen molar-refractivity contribution in [1.29, 1.82) is 0 Å². The molecule has 2 heterocycles. The Hall–Kier alpha value is -2.67. The van der Waals surface area contributed by atoms with E-state index in [1.165, 1.54) is 32.1 Å². The predicted molar refractivity (Wildman–Crippen MR) is 108 cm³/mol. The van der Waals surface area contributed by atoms with Gasteiger partial charge in [0, 0.05) is 23.6 Å². The minimum absolute atomic E-state index is 0.248. The molecule has 1 fully saturated rings. The van der Waals surface area contributed by atoms with Crippen molar-refractivity contribution in [2.24, 2.45) is 5.92 Å². The quantitative estimate of drug-likeness (QED) is 0.564. The number of aromatic amines is 2. The summed E-state index contributed by atoms with van der Waals surface area (Å²) in [4.78, 5) is 15.7. The first-order valence-corrected chi connectivity index (χ1v) is 9.83. The van der Waals surface area contributed by atoms with Crippen LogP contribution >= 0.6 is 12.2 Å². The van der Waals surface area contributed by atoms with Crippen LogP contribution in [-0.4, -0.2) is 25.7 Å². The number of carbonyl (C=O) groups is 1. The van der Waals surface area contributed by atoms with Crippen LogP contribution in [0.15, 0.2) is 42.6 Å². The van der Waals surface area contributed by atoms with Gasteiger partial charge in [-0.25, -0.2) is 0 Å². The SMILES string of the molecule is O=C(Nc1cc(CC2CCCCC2)[nH]n1)c1c[nH]c(=S)n1-c1ccccc1. The highest BCUT2D eigenvalue weighted by molar-refractivity contribution is 7.71. The van der Waals surface area contributed by atoms with E-state index in [2.05, 4.69) is 20.5 Å². The zero-order valence-corrected chi connectivity index (χ0v) is 15.9. The van der Waals surface area contributed by atoms with Gasteiger partial charge in [-0.1, -0.05) is 50.3 Å². The van der Waals surface area contributed by atoms with Gasteiger partial charge in [0.15, 0.2) is 10.6 Å². The van der Waals surface area contributed by atoms with Crippen LogP contribution in [0.5, 0.6) is 0 Å². The van der Waals surface area contributed by atoms with Gasteiger partial charge >= 0.3 is 0 Å². The number of nitrogens with one attached hydrogen (secondary N) is 3. The number of benzene rings is 1. The number of para-hydroxylation sites is 1. The lowest BCUT2D eigenvalue weighted by Gasteiger charge is -2.20. The van der Waals surface area contributed by atoms with E-state index in [1.807, 2.05) is 36.4 Å². The molecule has 0 unspecified atom stereocenters. The van der Waals surface area contributed by atoms with E-state index in [1.54, 1.807) is 10.8 Å². The van der Waals surface area contributed by atoms with Gasteiger partial charge in [0.2, 0.25) is 0 Å². The van der Waals surface area contributed by atoms with E-state index >= 15 is 0 Å². The van der Waals surface area contributed by atoms with Crippen molar-refractivity contribution in [1.82, 2.24) is 19.7 Å². The van der Waals surface area contributed by atoms with Crippen LogP contribution in [0.1, 0.15) is 48.3 Å². The van der Waals surface area contributed by atoms with E-state index < -0.39 is 0 Å². The van der Waals surface area contributed by atoms with E-state index in [0.29, 0.717) is 16.3 Å². The highest BCUT2D eigenvalue weighted by Gasteiger charge is 2.18. The molecule has 7 heteroatoms. The molecule has 3 N–H and O–H groups in total. The first-order chi connectivity index (χ1) is 13.2. The average Bonchev–Trinajstić information content (AvgIpc) is 3.29. The second kappa shape index (κ2) is 7.92. The Balaban J connectivity index is 1.48. The molecule has 0 aliphatic heterocycles. The van der Waals surface area contributed by atoms with Crippen molar-refractivity contribution in [3.05, 3.63) is 58.8 Å². The summed E-state index contributed by atoms with van der Waals surface area (Å²) >= 11 is 5.34. The van der Waals surface area contributed by atoms with Crippen molar-refractivity contribution < 1.29 is 4.79 Å². The molecule has 0 spiro atoms. The van der Waals surface area contributed by atoms with Gasteiger partial charge in [0.1, 0.15) is 5.69 Å². The molecular weight excluding hydrogens is 358 g/mol. The van der Waals surface area contributed by atoms with Crippen LogP contribution in [0.4, 0.5) is 5.82 Å². The molecule has 0 bridgehead atoms. The summed E-state index contributed by atoms with van der Waals surface area (Å²) in [6.45, 7) is 0. The van der Waals surface area contributed by atoms with Gasteiger partial charge in [-0.3, -0.25) is 14.5 Å². The zero-order chi connectivity index (χ0) is 18.6. The van der Waals surface area contributed by atoms with E-state index in [-0.39, 0.29) is 5.91 Å². The minimum Gasteiger partial charge on any atom is -0.336 e. The van der Waals surface area contributed by atoms with Crippen LogP contribution < -0.4 is 5.32 Å². The largest absolute Gasteiger partial charge is 0.336 e. The molecule has 1 aromatic carbocycles. The molecule has 0 atom stereocenters. The Morgan fingerprint density at radius 3 is 2.78 bits per heavy atom. The van der Waals surface area contributed by atoms with E-state index in [9.17, 15) is 4.79 Å². The lowest BCUT2D eigenvalue weighted by molar-refractivity contribution is 0.102. The summed E-state index contributed by atoms with van der Waals surface area (Å²) in [7, 11) is 0. The lowest BCUT2D eigenvalue weighted by Crippen LogP contribution is -2.16. The maximum absolute atomic E-state index is 12.8. The predicted octanol–water partition coefficient (Wildman–Crippen LogP) is 4.63. The highest BCUT2D eigenvalue weighted by Crippen LogP contribution is 2.26. The Morgan fingerprint density at radius 1 is 1.22 bits per heavy atom. The number of anilines is 1. The maximum Gasteiger partial charge on any atom is 0.275 e. The Kier molecular flexibility index (Phi) is 5.20. The zero-order valence-electron chi connectivity index (χ0n) is 15.1. The van der Waals surface area contributed by atoms with Gasteiger partial charge in [-0.05, 0) is 36.7 Å². The number of carbonyl (C=O) groups excluding carboxylic acids is 1. The standard InChI is InChI=1S/C20H23N5OS/c26-19(17-13-21-20(27)25(17)16-9-5-2-6-10-16)22-18-12-15(23-24-18)11-14-7-3-1-4-8-14/h2,5-6,9-10,12-14H,1,3-4,7-8,11H2,(H,21,27)(H2,22,23,24,26). The molecular formula is C20H23N5OS. The smallest absolute Gasteiger partial charge is 0.275 e. The second-order valence-electron chi connectivity index (χ2n) is 7.09. The summed E-state index contributed by atoms with van der Waals surface area (Å²) in [6, 6.07) is 11.5. The third kappa shape index (κ3) is 4.03. The van der Waals surface area contributed by atoms with Crippen molar-refractivity contribution in [2.75, 3.05) is 5.32 Å². The number of hydrogen-bond donors (Lipinski definition) is 3. The lowest BCUT2D eigenvalue weighted by atomic mass is 9.86. The number of hydrogen-bond acceptors (Lipinski definition) is 3. The summed E-state index contributed by atoms with van der Waals surface area (Å²) in [5.74, 6) is 1.01. The third-order valence-electron chi connectivity index (χ3n) is 5.13. The molecule has 27 heavy (non-hydrogen) atoms. The number of rotatable bonds is 5. The number of H-pyrrole nitrogens is 2. The van der Waals surface area contributed by atoms with Crippen molar-refractivity contribution >= 4 is 23.9 Å².